The highest BCUT2D eigenvalue weighted by atomic mass is 79.9. The van der Waals surface area contributed by atoms with Crippen molar-refractivity contribution in [3.8, 4) is 5.75 Å². The Kier molecular flexibility index (Phi) is 3.71. The van der Waals surface area contributed by atoms with Gasteiger partial charge in [-0.25, -0.2) is 4.39 Å². The van der Waals surface area contributed by atoms with E-state index in [0.29, 0.717) is 15.8 Å². The summed E-state index contributed by atoms with van der Waals surface area (Å²) in [6.07, 6.45) is 0. The number of nitrogens with one attached hydrogen (secondary N) is 1. The van der Waals surface area contributed by atoms with Crippen molar-refractivity contribution in [3.05, 3.63) is 52.3 Å². The van der Waals surface area contributed by atoms with Crippen LogP contribution < -0.4 is 11.1 Å². The van der Waals surface area contributed by atoms with Gasteiger partial charge in [0.25, 0.3) is 5.91 Å². The van der Waals surface area contributed by atoms with Crippen molar-refractivity contribution in [1.82, 2.24) is 0 Å². The third kappa shape index (κ3) is 3.03. The summed E-state index contributed by atoms with van der Waals surface area (Å²) in [5, 5.41) is 12.1. The maximum Gasteiger partial charge on any atom is 0.259 e. The SMILES string of the molecule is Nc1ccc(NC(=O)c2ccc(F)cc2O)cc1Br. The zero-order chi connectivity index (χ0) is 14.0. The van der Waals surface area contributed by atoms with Crippen molar-refractivity contribution in [1.29, 1.82) is 0 Å². The monoisotopic (exact) mass is 324 g/mol. The molecule has 0 aromatic heterocycles. The Hall–Kier alpha value is -2.08. The molecule has 0 spiro atoms. The van der Waals surface area contributed by atoms with Gasteiger partial charge in [-0.05, 0) is 46.3 Å². The zero-order valence-electron chi connectivity index (χ0n) is 9.65. The van der Waals surface area contributed by atoms with Crippen molar-refractivity contribution < 1.29 is 14.3 Å². The first-order valence-corrected chi connectivity index (χ1v) is 6.11. The van der Waals surface area contributed by atoms with Gasteiger partial charge in [-0.3, -0.25) is 4.79 Å². The molecule has 6 heteroatoms. The van der Waals surface area contributed by atoms with Crippen LogP contribution in [0.5, 0.6) is 5.75 Å². The Balaban J connectivity index is 2.23. The standard InChI is InChI=1S/C13H10BrFN2O2/c14-10-6-8(2-4-11(10)16)17-13(19)9-3-1-7(15)5-12(9)18/h1-6,18H,16H2,(H,17,19). The topological polar surface area (TPSA) is 75.3 Å². The third-order valence-corrected chi connectivity index (χ3v) is 3.15. The van der Waals surface area contributed by atoms with Crippen LogP contribution in [-0.4, -0.2) is 11.0 Å². The Morgan fingerprint density at radius 1 is 1.26 bits per heavy atom. The van der Waals surface area contributed by atoms with E-state index in [4.69, 9.17) is 5.73 Å². The van der Waals surface area contributed by atoms with Gasteiger partial charge in [0, 0.05) is 21.9 Å². The highest BCUT2D eigenvalue weighted by Crippen LogP contribution is 2.24. The lowest BCUT2D eigenvalue weighted by molar-refractivity contribution is 0.102. The molecule has 4 N–H and O–H groups in total. The average Bonchev–Trinajstić information content (AvgIpc) is 2.33. The van der Waals surface area contributed by atoms with E-state index in [0.717, 1.165) is 12.1 Å². The fourth-order valence-electron chi connectivity index (χ4n) is 1.50. The number of phenols is 1. The highest BCUT2D eigenvalue weighted by Gasteiger charge is 2.12. The Labute approximate surface area is 117 Å². The summed E-state index contributed by atoms with van der Waals surface area (Å²) in [6.45, 7) is 0. The molecule has 0 fully saturated rings. The fourth-order valence-corrected chi connectivity index (χ4v) is 1.88. The minimum Gasteiger partial charge on any atom is -0.507 e. The molecule has 0 saturated carbocycles. The quantitative estimate of drug-likeness (QED) is 0.743. The average molecular weight is 325 g/mol. The molecule has 0 heterocycles. The molecule has 0 atom stereocenters. The summed E-state index contributed by atoms with van der Waals surface area (Å²) in [7, 11) is 0. The van der Waals surface area contributed by atoms with E-state index in [-0.39, 0.29) is 5.56 Å². The van der Waals surface area contributed by atoms with Gasteiger partial charge in [0.15, 0.2) is 0 Å². The van der Waals surface area contributed by atoms with Crippen LogP contribution in [0.2, 0.25) is 0 Å². The second-order valence-electron chi connectivity index (χ2n) is 3.85. The van der Waals surface area contributed by atoms with Crippen LogP contribution in [0.3, 0.4) is 0 Å². The van der Waals surface area contributed by atoms with Gasteiger partial charge < -0.3 is 16.2 Å². The molecule has 0 saturated heterocycles. The van der Waals surface area contributed by atoms with Crippen LogP contribution in [0.1, 0.15) is 10.4 Å². The number of nitrogen functional groups attached to an aromatic ring is 1. The van der Waals surface area contributed by atoms with Crippen molar-refractivity contribution >= 4 is 33.2 Å². The van der Waals surface area contributed by atoms with Gasteiger partial charge in [0.2, 0.25) is 0 Å². The molecule has 0 aliphatic rings. The second-order valence-corrected chi connectivity index (χ2v) is 4.71. The highest BCUT2D eigenvalue weighted by molar-refractivity contribution is 9.10. The van der Waals surface area contributed by atoms with Crippen LogP contribution >= 0.6 is 15.9 Å². The minimum atomic E-state index is -0.607. The Bertz CT molecular complexity index is 647. The van der Waals surface area contributed by atoms with Gasteiger partial charge in [0.05, 0.1) is 5.56 Å². The lowest BCUT2D eigenvalue weighted by Crippen LogP contribution is -2.12. The number of carbonyl (C=O) groups is 1. The van der Waals surface area contributed by atoms with Crippen LogP contribution in [0.25, 0.3) is 0 Å². The molecular formula is C13H10BrFN2O2. The number of phenolic OH excluding ortho intramolecular Hbond substituents is 1. The van der Waals surface area contributed by atoms with E-state index in [9.17, 15) is 14.3 Å². The Morgan fingerprint density at radius 2 is 2.00 bits per heavy atom. The normalized spacial score (nSPS) is 10.2. The van der Waals surface area contributed by atoms with E-state index < -0.39 is 17.5 Å². The first kappa shape index (κ1) is 13.4. The molecule has 2 aromatic rings. The molecule has 0 aliphatic heterocycles. The molecular weight excluding hydrogens is 315 g/mol. The first-order valence-electron chi connectivity index (χ1n) is 5.32. The predicted octanol–water partition coefficient (Wildman–Crippen LogP) is 3.13. The van der Waals surface area contributed by atoms with Gasteiger partial charge in [-0.15, -0.1) is 0 Å². The summed E-state index contributed by atoms with van der Waals surface area (Å²) in [6, 6.07) is 8.09. The first-order chi connectivity index (χ1) is 8.97. The number of hydrogen-bond donors (Lipinski definition) is 3. The van der Waals surface area contributed by atoms with Crippen LogP contribution in [0.4, 0.5) is 15.8 Å². The molecule has 1 amide bonds. The zero-order valence-corrected chi connectivity index (χ0v) is 11.2. The summed E-state index contributed by atoms with van der Waals surface area (Å²) < 4.78 is 13.5. The lowest BCUT2D eigenvalue weighted by Gasteiger charge is -2.08. The van der Waals surface area contributed by atoms with E-state index in [1.54, 1.807) is 18.2 Å². The molecule has 0 bridgehead atoms. The largest absolute Gasteiger partial charge is 0.507 e. The Morgan fingerprint density at radius 3 is 2.63 bits per heavy atom. The van der Waals surface area contributed by atoms with Crippen molar-refractivity contribution in [2.75, 3.05) is 11.1 Å². The maximum atomic E-state index is 12.8. The van der Waals surface area contributed by atoms with E-state index in [1.165, 1.54) is 6.07 Å². The number of rotatable bonds is 2. The molecule has 0 radical (unpaired) electrons. The number of amides is 1. The molecule has 0 unspecified atom stereocenters. The number of nitrogens with two attached hydrogens (primary N) is 1. The third-order valence-electron chi connectivity index (χ3n) is 2.46. The molecule has 19 heavy (non-hydrogen) atoms. The number of hydrogen-bond acceptors (Lipinski definition) is 3. The van der Waals surface area contributed by atoms with Crippen molar-refractivity contribution in [2.24, 2.45) is 0 Å². The van der Waals surface area contributed by atoms with Crippen LogP contribution in [0.15, 0.2) is 40.9 Å². The number of aromatic hydroxyl groups is 1. The predicted molar refractivity (Wildman–Crippen MR) is 74.6 cm³/mol. The van der Waals surface area contributed by atoms with Gasteiger partial charge >= 0.3 is 0 Å². The van der Waals surface area contributed by atoms with E-state index >= 15 is 0 Å². The molecule has 2 aromatic carbocycles. The molecule has 98 valence electrons. The summed E-state index contributed by atoms with van der Waals surface area (Å²) in [4.78, 5) is 11.9. The number of anilines is 2. The van der Waals surface area contributed by atoms with Crippen LogP contribution in [0, 0.1) is 5.82 Å². The number of halogens is 2. The molecule has 0 aliphatic carbocycles. The van der Waals surface area contributed by atoms with E-state index in [1.807, 2.05) is 0 Å². The van der Waals surface area contributed by atoms with Gasteiger partial charge in [0.1, 0.15) is 11.6 Å². The second kappa shape index (κ2) is 5.27. The molecule has 4 nitrogen and oxygen atoms in total. The smallest absolute Gasteiger partial charge is 0.259 e. The number of carbonyl (C=O) groups excluding carboxylic acids is 1. The fraction of sp³-hybridized carbons (Fsp3) is 0. The lowest BCUT2D eigenvalue weighted by atomic mass is 10.1. The van der Waals surface area contributed by atoms with Gasteiger partial charge in [-0.1, -0.05) is 0 Å². The maximum absolute atomic E-state index is 12.8. The van der Waals surface area contributed by atoms with Crippen molar-refractivity contribution in [2.45, 2.75) is 0 Å². The summed E-state index contributed by atoms with van der Waals surface area (Å²) >= 11 is 3.24. The van der Waals surface area contributed by atoms with Gasteiger partial charge in [-0.2, -0.15) is 0 Å². The molecule has 2 rings (SSSR count). The minimum absolute atomic E-state index is 0.00523. The number of benzene rings is 2. The summed E-state index contributed by atoms with van der Waals surface area (Å²) in [5.41, 5.74) is 6.68. The van der Waals surface area contributed by atoms with E-state index in [2.05, 4.69) is 21.2 Å². The van der Waals surface area contributed by atoms with Crippen molar-refractivity contribution in [3.63, 3.8) is 0 Å². The van der Waals surface area contributed by atoms with Crippen LogP contribution in [-0.2, 0) is 0 Å². The summed E-state index contributed by atoms with van der Waals surface area (Å²) in [5.74, 6) is -1.55.